The van der Waals surface area contributed by atoms with Crippen molar-refractivity contribution in [2.24, 2.45) is 0 Å². The lowest BCUT2D eigenvalue weighted by atomic mass is 10.0. The van der Waals surface area contributed by atoms with Gasteiger partial charge in [0.05, 0.1) is 44.8 Å². The fourth-order valence-electron chi connectivity index (χ4n) is 6.01. The summed E-state index contributed by atoms with van der Waals surface area (Å²) in [5.41, 5.74) is 0. The first-order chi connectivity index (χ1) is 31.1. The van der Waals surface area contributed by atoms with Gasteiger partial charge in [0.25, 0.3) is 0 Å². The second-order valence-electron chi connectivity index (χ2n) is 14.5. The van der Waals surface area contributed by atoms with Crippen LogP contribution in [0, 0.1) is 0 Å². The van der Waals surface area contributed by atoms with Gasteiger partial charge in [0.2, 0.25) is 59.1 Å². The number of carbonyl (C=O) groups is 14. The van der Waals surface area contributed by atoms with Gasteiger partial charge in [-0.05, 0) is 12.8 Å². The van der Waals surface area contributed by atoms with Gasteiger partial charge in [-0.3, -0.25) is 62.3 Å². The summed E-state index contributed by atoms with van der Waals surface area (Å²) in [7, 11) is 0. The van der Waals surface area contributed by atoms with Crippen molar-refractivity contribution in [3.8, 4) is 0 Å². The smallest absolute Gasteiger partial charge is 0.323 e. The molecule has 30 heteroatoms. The molecule has 66 heavy (non-hydrogen) atoms. The molecule has 0 saturated carbocycles. The molecule has 0 aromatic rings. The molecule has 2 saturated heterocycles. The van der Waals surface area contributed by atoms with Crippen LogP contribution in [0.5, 0.6) is 0 Å². The first-order valence-corrected chi connectivity index (χ1v) is 21.2. The normalized spacial score (nSPS) is 15.5. The summed E-state index contributed by atoms with van der Waals surface area (Å²) in [6, 6.07) is -0.0566. The Morgan fingerprint density at radius 2 is 0.939 bits per heavy atom. The summed E-state index contributed by atoms with van der Waals surface area (Å²) in [6.45, 7) is -7.98. The molecule has 0 aromatic heterocycles. The first kappa shape index (κ1) is 54.9. The molecule has 2 aliphatic rings. The zero-order chi connectivity index (χ0) is 49.3. The number of urea groups is 1. The molecule has 0 spiro atoms. The van der Waals surface area contributed by atoms with Crippen LogP contribution in [0.25, 0.3) is 0 Å². The van der Waals surface area contributed by atoms with Gasteiger partial charge in [-0.25, -0.2) is 4.79 Å². The maximum Gasteiger partial charge on any atom is 0.323 e. The van der Waals surface area contributed by atoms with Gasteiger partial charge in [0.15, 0.2) is 0 Å². The van der Waals surface area contributed by atoms with Gasteiger partial charge >= 0.3 is 23.9 Å². The largest absolute Gasteiger partial charge is 0.480 e. The van der Waals surface area contributed by atoms with E-state index in [1.807, 2.05) is 0 Å². The van der Waals surface area contributed by atoms with Gasteiger partial charge in [-0.15, -0.1) is 0 Å². The molecule has 2 heterocycles. The van der Waals surface area contributed by atoms with Gasteiger partial charge in [0, 0.05) is 37.4 Å². The number of carbonyl (C=O) groups excluding carboxylic acids is 11. The summed E-state index contributed by atoms with van der Waals surface area (Å²) in [6.07, 6.45) is 2.17. The van der Waals surface area contributed by atoms with Crippen molar-refractivity contribution < 1.29 is 82.4 Å². The molecule has 0 aromatic carbocycles. The number of amides is 12. The molecular weight excluding hydrogens is 905 g/mol. The first-order valence-electron chi connectivity index (χ1n) is 20.1. The topological polar surface area (TPSA) is 418 Å². The molecule has 2 rings (SSSR count). The average molecular weight is 959 g/mol. The quantitative estimate of drug-likeness (QED) is 0.0235. The molecule has 366 valence electrons. The van der Waals surface area contributed by atoms with Crippen LogP contribution in [0.2, 0.25) is 0 Å². The van der Waals surface area contributed by atoms with E-state index in [4.69, 9.17) is 5.11 Å². The van der Waals surface area contributed by atoms with Crippen LogP contribution >= 0.6 is 11.8 Å². The minimum absolute atomic E-state index is 0.0446. The van der Waals surface area contributed by atoms with E-state index in [1.54, 1.807) is 11.8 Å². The predicted molar refractivity (Wildman–Crippen MR) is 223 cm³/mol. The molecule has 0 radical (unpaired) electrons. The van der Waals surface area contributed by atoms with E-state index in [1.165, 1.54) is 0 Å². The number of carboxylic acids is 3. The molecule has 2 fully saturated rings. The Morgan fingerprint density at radius 1 is 0.530 bits per heavy atom. The molecule has 0 aliphatic carbocycles. The molecule has 29 nitrogen and oxygen atoms in total. The number of nitrogens with zero attached hydrogens (tertiary/aromatic N) is 3. The molecular formula is C36H54N12O17S. The lowest BCUT2D eigenvalue weighted by molar-refractivity contribution is -0.146. The van der Waals surface area contributed by atoms with E-state index in [2.05, 4.69) is 47.9 Å². The van der Waals surface area contributed by atoms with E-state index in [0.29, 0.717) is 27.5 Å². The van der Waals surface area contributed by atoms with Crippen LogP contribution in [0.3, 0.4) is 0 Å². The monoisotopic (exact) mass is 958 g/mol. The van der Waals surface area contributed by atoms with E-state index in [-0.39, 0.29) is 42.9 Å². The molecule has 12 N–H and O–H groups in total. The number of hydrogen-bond acceptors (Lipinski definition) is 15. The standard InChI is InChI=1S/C36H54N12O17S/c1-20(49)39-10-29(56)46(16-32(59)60)13-26(53)37-6-7-38-27(54)14-47(17-33(61)62)30(57)11-43-25(52)9-41-28(55)15-48(18-34(63)64)31(58)12-42-24(51)8-40-23(50)5-3-2-4-22-35-21(19-66-22)44-36(65)45-35/h21-22,35H,2-19H2,1H3,(H,37,53)(H,38,54)(H,39,49)(H,40,50)(H,41,55)(H,42,51)(H,43,52)(H,59,60)(H,61,62)(H,63,64)(H2,44,45,65)/t21-,22-,35-/m0/s1. The number of fused-ring (bicyclic) bond motifs is 1. The van der Waals surface area contributed by atoms with Crippen molar-refractivity contribution in [3.63, 3.8) is 0 Å². The number of nitrogens with one attached hydrogen (secondary N) is 9. The number of rotatable bonds is 30. The van der Waals surface area contributed by atoms with Crippen molar-refractivity contribution in [1.82, 2.24) is 62.6 Å². The molecule has 3 atom stereocenters. The summed E-state index contributed by atoms with van der Waals surface area (Å²) in [4.78, 5) is 170. The van der Waals surface area contributed by atoms with Crippen LogP contribution in [0.1, 0.15) is 32.6 Å². The van der Waals surface area contributed by atoms with Crippen molar-refractivity contribution in [2.75, 3.05) is 90.8 Å². The number of hydrogen-bond donors (Lipinski definition) is 12. The highest BCUT2D eigenvalue weighted by molar-refractivity contribution is 8.00. The third-order valence-electron chi connectivity index (χ3n) is 9.14. The number of aliphatic carboxylic acids is 3. The summed E-state index contributed by atoms with van der Waals surface area (Å²) in [5.74, 6) is -12.0. The number of thioether (sulfide) groups is 1. The van der Waals surface area contributed by atoms with Crippen molar-refractivity contribution in [2.45, 2.75) is 49.9 Å². The van der Waals surface area contributed by atoms with Crippen LogP contribution in [-0.4, -0.2) is 221 Å². The van der Waals surface area contributed by atoms with Crippen molar-refractivity contribution in [1.29, 1.82) is 0 Å². The molecule has 0 bridgehead atoms. The number of unbranched alkanes of at least 4 members (excludes halogenated alkanes) is 1. The zero-order valence-electron chi connectivity index (χ0n) is 35.8. The maximum atomic E-state index is 12.7. The minimum atomic E-state index is -1.53. The number of carboxylic acid groups (broad SMARTS) is 3. The fourth-order valence-corrected chi connectivity index (χ4v) is 7.55. The van der Waals surface area contributed by atoms with Crippen LogP contribution in [0.4, 0.5) is 4.79 Å². The van der Waals surface area contributed by atoms with E-state index >= 15 is 0 Å². The SMILES string of the molecule is CC(=O)NCC(=O)N(CC(=O)O)CC(=O)NCCNC(=O)CN(CC(=O)O)C(=O)CNC(=O)CNC(=O)CN(CC(=O)O)C(=O)CNC(=O)CNC(=O)CCCC[C@@H]1SC[C@@H]2NC(=O)N[C@@H]21. The minimum Gasteiger partial charge on any atom is -0.480 e. The van der Waals surface area contributed by atoms with Gasteiger partial charge in [-0.2, -0.15) is 11.8 Å². The Bertz CT molecular complexity index is 1870. The molecule has 0 unspecified atom stereocenters. The highest BCUT2D eigenvalue weighted by Crippen LogP contribution is 2.33. The Balaban J connectivity index is 1.70. The Labute approximate surface area is 379 Å². The van der Waals surface area contributed by atoms with Crippen LogP contribution in [0.15, 0.2) is 0 Å². The lowest BCUT2D eigenvalue weighted by Crippen LogP contribution is -2.50. The molecule has 2 aliphatic heterocycles. The maximum absolute atomic E-state index is 12.7. The van der Waals surface area contributed by atoms with Gasteiger partial charge < -0.3 is 77.9 Å². The van der Waals surface area contributed by atoms with Crippen LogP contribution < -0.4 is 47.9 Å². The highest BCUT2D eigenvalue weighted by atomic mass is 32.2. The predicted octanol–water partition coefficient (Wildman–Crippen LogP) is -7.71. The second kappa shape index (κ2) is 28.5. The Hall–Kier alpha value is -7.27. The second-order valence-corrected chi connectivity index (χ2v) is 15.8. The van der Waals surface area contributed by atoms with Crippen LogP contribution in [-0.2, 0) is 62.3 Å². The van der Waals surface area contributed by atoms with Gasteiger partial charge in [-0.1, -0.05) is 6.42 Å². The summed E-state index contributed by atoms with van der Waals surface area (Å²) >= 11 is 1.75. The third-order valence-corrected chi connectivity index (χ3v) is 10.7. The lowest BCUT2D eigenvalue weighted by Gasteiger charge is -2.21. The highest BCUT2D eigenvalue weighted by Gasteiger charge is 2.42. The van der Waals surface area contributed by atoms with Gasteiger partial charge in [0.1, 0.15) is 39.3 Å². The van der Waals surface area contributed by atoms with E-state index < -0.39 is 149 Å². The third kappa shape index (κ3) is 22.4. The molecule has 12 amide bonds. The van der Waals surface area contributed by atoms with Crippen molar-refractivity contribution >= 4 is 94.8 Å². The van der Waals surface area contributed by atoms with E-state index in [0.717, 1.165) is 19.1 Å². The van der Waals surface area contributed by atoms with E-state index in [9.17, 15) is 77.3 Å². The average Bonchev–Trinajstić information content (AvgIpc) is 3.80. The Morgan fingerprint density at radius 3 is 1.38 bits per heavy atom. The zero-order valence-corrected chi connectivity index (χ0v) is 36.6. The van der Waals surface area contributed by atoms with Crippen molar-refractivity contribution in [3.05, 3.63) is 0 Å². The summed E-state index contributed by atoms with van der Waals surface area (Å²) < 4.78 is 0. The fraction of sp³-hybridized carbons (Fsp3) is 0.611. The Kier molecular flexibility index (Phi) is 23.7. The summed E-state index contributed by atoms with van der Waals surface area (Å²) in [5, 5.41) is 49.1.